The number of anilines is 1. The first kappa shape index (κ1) is 13.8. The fourth-order valence-electron chi connectivity index (χ4n) is 1.48. The highest BCUT2D eigenvalue weighted by Gasteiger charge is 2.13. The van der Waals surface area contributed by atoms with E-state index in [4.69, 9.17) is 23.2 Å². The van der Waals surface area contributed by atoms with Crippen LogP contribution in [0.2, 0.25) is 5.02 Å². The third-order valence-corrected chi connectivity index (χ3v) is 2.87. The summed E-state index contributed by atoms with van der Waals surface area (Å²) in [6, 6.07) is 5.33. The normalized spacial score (nSPS) is 11.2. The highest BCUT2D eigenvalue weighted by Crippen LogP contribution is 2.30. The highest BCUT2D eigenvalue weighted by molar-refractivity contribution is 6.66. The van der Waals surface area contributed by atoms with E-state index in [0.29, 0.717) is 10.7 Å². The van der Waals surface area contributed by atoms with Crippen LogP contribution < -0.4 is 4.90 Å². The van der Waals surface area contributed by atoms with E-state index in [9.17, 15) is 4.79 Å². The van der Waals surface area contributed by atoms with Crippen molar-refractivity contribution in [3.05, 3.63) is 47.5 Å². The van der Waals surface area contributed by atoms with Gasteiger partial charge >= 0.3 is 5.37 Å². The maximum Gasteiger partial charge on any atom is 0.320 e. The van der Waals surface area contributed by atoms with Crippen LogP contribution in [0.15, 0.2) is 36.9 Å². The van der Waals surface area contributed by atoms with E-state index in [-0.39, 0.29) is 0 Å². The monoisotopic (exact) mass is 269 g/mol. The zero-order valence-electron chi connectivity index (χ0n) is 9.71. The van der Waals surface area contributed by atoms with E-state index in [0.717, 1.165) is 11.1 Å². The number of carbonyl (C=O) groups is 1. The molecule has 0 saturated heterocycles. The summed E-state index contributed by atoms with van der Waals surface area (Å²) in [4.78, 5) is 12.5. The molecule has 0 bridgehead atoms. The summed E-state index contributed by atoms with van der Waals surface area (Å²) in [6.45, 7) is 5.58. The van der Waals surface area contributed by atoms with Gasteiger partial charge in [0.25, 0.3) is 0 Å². The van der Waals surface area contributed by atoms with Gasteiger partial charge in [0, 0.05) is 17.6 Å². The van der Waals surface area contributed by atoms with Gasteiger partial charge in [0.15, 0.2) is 0 Å². The Balaban J connectivity index is 3.35. The van der Waals surface area contributed by atoms with Crippen molar-refractivity contribution in [2.75, 3.05) is 11.9 Å². The van der Waals surface area contributed by atoms with Gasteiger partial charge in [-0.15, -0.1) is 0 Å². The molecular weight excluding hydrogens is 257 g/mol. The van der Waals surface area contributed by atoms with Crippen LogP contribution in [0, 0.1) is 0 Å². The predicted molar refractivity (Wildman–Crippen MR) is 75.0 cm³/mol. The molecule has 90 valence electrons. The van der Waals surface area contributed by atoms with Crippen molar-refractivity contribution in [2.24, 2.45) is 0 Å². The molecule has 0 N–H and O–H groups in total. The van der Waals surface area contributed by atoms with Gasteiger partial charge in [-0.1, -0.05) is 36.4 Å². The molecule has 0 aliphatic carbocycles. The van der Waals surface area contributed by atoms with Crippen molar-refractivity contribution in [3.63, 3.8) is 0 Å². The zero-order chi connectivity index (χ0) is 13.0. The molecule has 0 aliphatic heterocycles. The molecule has 1 rings (SSSR count). The summed E-state index contributed by atoms with van der Waals surface area (Å²) in [5.41, 5.74) is 2.55. The lowest BCUT2D eigenvalue weighted by Gasteiger charge is -2.18. The van der Waals surface area contributed by atoms with Gasteiger partial charge in [-0.3, -0.25) is 4.79 Å². The first-order valence-corrected chi connectivity index (χ1v) is 5.75. The summed E-state index contributed by atoms with van der Waals surface area (Å²) < 4.78 is 0. The molecule has 17 heavy (non-hydrogen) atoms. The number of rotatable bonds is 3. The summed E-state index contributed by atoms with van der Waals surface area (Å²) >= 11 is 11.4. The van der Waals surface area contributed by atoms with Crippen LogP contribution in [0.1, 0.15) is 12.5 Å². The van der Waals surface area contributed by atoms with E-state index in [1.54, 1.807) is 25.3 Å². The Morgan fingerprint density at radius 1 is 1.47 bits per heavy atom. The van der Waals surface area contributed by atoms with Crippen LogP contribution in [0.3, 0.4) is 0 Å². The lowest BCUT2D eigenvalue weighted by molar-refractivity contribution is 0.265. The van der Waals surface area contributed by atoms with Crippen molar-refractivity contribution in [3.8, 4) is 0 Å². The molecule has 0 unspecified atom stereocenters. The maximum atomic E-state index is 11.2. The second-order valence-electron chi connectivity index (χ2n) is 3.56. The number of allylic oxidation sites excluding steroid dienone is 3. The molecule has 0 fully saturated rings. The molecule has 1 amide bonds. The molecule has 0 saturated carbocycles. The van der Waals surface area contributed by atoms with E-state index >= 15 is 0 Å². The summed E-state index contributed by atoms with van der Waals surface area (Å²) in [5, 5.41) is -0.000149. The van der Waals surface area contributed by atoms with Gasteiger partial charge in [-0.2, -0.15) is 0 Å². The van der Waals surface area contributed by atoms with Gasteiger partial charge < -0.3 is 4.90 Å². The first-order chi connectivity index (χ1) is 7.97. The second kappa shape index (κ2) is 5.89. The van der Waals surface area contributed by atoms with Crippen LogP contribution in [-0.4, -0.2) is 12.4 Å². The Morgan fingerprint density at radius 2 is 2.12 bits per heavy atom. The van der Waals surface area contributed by atoms with Crippen molar-refractivity contribution >= 4 is 39.8 Å². The molecule has 1 aromatic carbocycles. The number of nitrogens with zero attached hydrogens (tertiary/aromatic N) is 1. The molecule has 0 radical (unpaired) electrons. The molecule has 0 spiro atoms. The number of halogens is 2. The molecule has 2 nitrogen and oxygen atoms in total. The number of carbonyl (C=O) groups excluding carboxylic acids is 1. The van der Waals surface area contributed by atoms with Gasteiger partial charge in [-0.05, 0) is 36.2 Å². The average molecular weight is 270 g/mol. The van der Waals surface area contributed by atoms with Crippen molar-refractivity contribution in [1.82, 2.24) is 0 Å². The quantitative estimate of drug-likeness (QED) is 0.442. The summed E-state index contributed by atoms with van der Waals surface area (Å²) in [7, 11) is 1.60. The minimum absolute atomic E-state index is 0.555. The Bertz CT molecular complexity index is 480. The Labute approximate surface area is 111 Å². The molecule has 1 aromatic rings. The molecule has 0 heterocycles. The SMILES string of the molecule is C=C/C=C(\C)c1ccc(Cl)cc1N(C)C(=O)Cl. The van der Waals surface area contributed by atoms with E-state index < -0.39 is 5.37 Å². The van der Waals surface area contributed by atoms with Crippen molar-refractivity contribution in [1.29, 1.82) is 0 Å². The first-order valence-electron chi connectivity index (χ1n) is 4.99. The van der Waals surface area contributed by atoms with Crippen LogP contribution >= 0.6 is 23.2 Å². The topological polar surface area (TPSA) is 20.3 Å². The van der Waals surface area contributed by atoms with E-state index in [1.165, 1.54) is 4.90 Å². The zero-order valence-corrected chi connectivity index (χ0v) is 11.2. The number of hydrogen-bond donors (Lipinski definition) is 0. The smallest absolute Gasteiger partial charge is 0.301 e. The standard InChI is InChI=1S/C13H13Cl2NO/c1-4-5-9(2)11-7-6-10(14)8-12(11)16(3)13(15)17/h4-8H,1H2,2-3H3/b9-5+. The minimum Gasteiger partial charge on any atom is -0.301 e. The Hall–Kier alpha value is -1.25. The van der Waals surface area contributed by atoms with Crippen LogP contribution in [0.5, 0.6) is 0 Å². The molecule has 0 aromatic heterocycles. The maximum absolute atomic E-state index is 11.2. The Kier molecular flexibility index (Phi) is 4.79. The van der Waals surface area contributed by atoms with E-state index in [2.05, 4.69) is 6.58 Å². The summed E-state index contributed by atoms with van der Waals surface area (Å²) in [5.74, 6) is 0. The lowest BCUT2D eigenvalue weighted by atomic mass is 10.0. The molecular formula is C13H13Cl2NO. The number of amides is 1. The predicted octanol–water partition coefficient (Wildman–Crippen LogP) is 4.72. The third kappa shape index (κ3) is 3.35. The largest absolute Gasteiger partial charge is 0.320 e. The van der Waals surface area contributed by atoms with Crippen molar-refractivity contribution in [2.45, 2.75) is 6.92 Å². The Morgan fingerprint density at radius 3 is 2.65 bits per heavy atom. The fraction of sp³-hybridized carbons (Fsp3) is 0.154. The van der Waals surface area contributed by atoms with Crippen LogP contribution in [0.4, 0.5) is 10.5 Å². The highest BCUT2D eigenvalue weighted by atomic mass is 35.5. The van der Waals surface area contributed by atoms with E-state index in [1.807, 2.05) is 19.1 Å². The van der Waals surface area contributed by atoms with Gasteiger partial charge in [-0.25, -0.2) is 0 Å². The third-order valence-electron chi connectivity index (χ3n) is 2.38. The minimum atomic E-state index is -0.556. The average Bonchev–Trinajstić information content (AvgIpc) is 2.28. The fourth-order valence-corrected chi connectivity index (χ4v) is 1.73. The van der Waals surface area contributed by atoms with Crippen LogP contribution in [0.25, 0.3) is 5.57 Å². The number of benzene rings is 1. The van der Waals surface area contributed by atoms with Crippen molar-refractivity contribution < 1.29 is 4.79 Å². The van der Waals surface area contributed by atoms with Gasteiger partial charge in [0.2, 0.25) is 0 Å². The molecule has 0 aliphatic rings. The lowest BCUT2D eigenvalue weighted by Crippen LogP contribution is -2.20. The second-order valence-corrected chi connectivity index (χ2v) is 4.32. The molecule has 4 heteroatoms. The summed E-state index contributed by atoms with van der Waals surface area (Å²) in [6.07, 6.45) is 3.55. The van der Waals surface area contributed by atoms with Gasteiger partial charge in [0.1, 0.15) is 0 Å². The van der Waals surface area contributed by atoms with Gasteiger partial charge in [0.05, 0.1) is 5.69 Å². The number of hydrogen-bond acceptors (Lipinski definition) is 1. The van der Waals surface area contributed by atoms with Crippen LogP contribution in [-0.2, 0) is 0 Å². The molecule has 0 atom stereocenters.